The summed E-state index contributed by atoms with van der Waals surface area (Å²) in [5.74, 6) is 0.271. The zero-order valence-corrected chi connectivity index (χ0v) is 8.17. The molecule has 0 saturated carbocycles. The average molecular weight is 169 g/mol. The minimum atomic E-state index is 0.271. The van der Waals surface area contributed by atoms with E-state index in [4.69, 9.17) is 10.8 Å². The molecule has 2 heteroatoms. The molecule has 0 rings (SSSR count). The highest BCUT2D eigenvalue weighted by Gasteiger charge is 1.82. The van der Waals surface area contributed by atoms with E-state index in [1.165, 1.54) is 0 Å². The van der Waals surface area contributed by atoms with Gasteiger partial charge in [0, 0.05) is 6.54 Å². The summed E-state index contributed by atoms with van der Waals surface area (Å²) in [6.45, 7) is 9.61. The monoisotopic (exact) mass is 169 g/mol. The Bertz CT molecular complexity index is 165. The molecule has 3 N–H and O–H groups in total. The molecule has 0 unspecified atom stereocenters. The number of hydrogen-bond donors (Lipinski definition) is 2. The topological polar surface area (TPSA) is 46.2 Å². The molecule has 0 aliphatic rings. The van der Waals surface area contributed by atoms with Crippen molar-refractivity contribution in [3.05, 3.63) is 36.1 Å². The van der Waals surface area contributed by atoms with Gasteiger partial charge in [-0.3, -0.25) is 0 Å². The number of aliphatic hydroxyl groups is 1. The Labute approximate surface area is 75.1 Å². The third-order valence-electron chi connectivity index (χ3n) is 1.04. The molecule has 12 heavy (non-hydrogen) atoms. The van der Waals surface area contributed by atoms with Crippen molar-refractivity contribution >= 4 is 0 Å². The maximum Gasteiger partial charge on any atom is 0.0891 e. The Hall–Kier alpha value is -1.02. The lowest BCUT2D eigenvalue weighted by molar-refractivity contribution is 0.414. The molecule has 0 aliphatic heterocycles. The second kappa shape index (κ2) is 9.98. The second-order valence-electron chi connectivity index (χ2n) is 1.96. The first-order valence-electron chi connectivity index (χ1n) is 4.09. The number of rotatable bonds is 3. The lowest BCUT2D eigenvalue weighted by Crippen LogP contribution is -1.99. The zero-order valence-electron chi connectivity index (χ0n) is 8.17. The third-order valence-corrected chi connectivity index (χ3v) is 1.04. The van der Waals surface area contributed by atoms with Gasteiger partial charge >= 0.3 is 0 Å². The Morgan fingerprint density at radius 3 is 2.17 bits per heavy atom. The minimum absolute atomic E-state index is 0.271. The first kappa shape index (κ1) is 13.6. The molecule has 0 bridgehead atoms. The van der Waals surface area contributed by atoms with Crippen LogP contribution in [-0.4, -0.2) is 11.7 Å². The molecule has 0 spiro atoms. The molecule has 0 amide bonds. The van der Waals surface area contributed by atoms with E-state index in [0.717, 1.165) is 5.57 Å². The van der Waals surface area contributed by atoms with Crippen molar-refractivity contribution in [3.63, 3.8) is 0 Å². The smallest absolute Gasteiger partial charge is 0.0891 e. The van der Waals surface area contributed by atoms with Crippen LogP contribution in [0.1, 0.15) is 20.8 Å². The van der Waals surface area contributed by atoms with E-state index >= 15 is 0 Å². The number of allylic oxidation sites excluding steroid dienone is 3. The van der Waals surface area contributed by atoms with E-state index < -0.39 is 0 Å². The first-order chi connectivity index (χ1) is 5.70. The average Bonchev–Trinajstić information content (AvgIpc) is 2.09. The van der Waals surface area contributed by atoms with E-state index in [1.807, 2.05) is 13.8 Å². The van der Waals surface area contributed by atoms with Crippen LogP contribution in [0.15, 0.2) is 36.1 Å². The van der Waals surface area contributed by atoms with E-state index in [9.17, 15) is 0 Å². The van der Waals surface area contributed by atoms with Gasteiger partial charge < -0.3 is 10.8 Å². The molecule has 2 nitrogen and oxygen atoms in total. The molecule has 0 heterocycles. The summed E-state index contributed by atoms with van der Waals surface area (Å²) in [6, 6.07) is 0. The van der Waals surface area contributed by atoms with Crippen LogP contribution in [0.25, 0.3) is 0 Å². The van der Waals surface area contributed by atoms with Gasteiger partial charge in [-0.1, -0.05) is 32.6 Å². The maximum absolute atomic E-state index is 8.73. The van der Waals surface area contributed by atoms with Crippen molar-refractivity contribution in [1.82, 2.24) is 0 Å². The molecular weight excluding hydrogens is 150 g/mol. The normalized spacial score (nSPS) is 11.7. The summed E-state index contributed by atoms with van der Waals surface area (Å²) in [5.41, 5.74) is 6.23. The van der Waals surface area contributed by atoms with Crippen molar-refractivity contribution in [1.29, 1.82) is 0 Å². The Balaban J connectivity index is 0. The van der Waals surface area contributed by atoms with Crippen molar-refractivity contribution in [2.45, 2.75) is 20.8 Å². The van der Waals surface area contributed by atoms with Crippen LogP contribution in [0.2, 0.25) is 0 Å². The van der Waals surface area contributed by atoms with Gasteiger partial charge in [-0.25, -0.2) is 0 Å². The van der Waals surface area contributed by atoms with Gasteiger partial charge in [-0.15, -0.1) is 0 Å². The van der Waals surface area contributed by atoms with Crippen molar-refractivity contribution in [2.24, 2.45) is 5.73 Å². The molecule has 0 atom stereocenters. The fourth-order valence-electron chi connectivity index (χ4n) is 0.447. The molecule has 0 aromatic carbocycles. The lowest BCUT2D eigenvalue weighted by Gasteiger charge is -1.91. The van der Waals surface area contributed by atoms with Gasteiger partial charge in [0.1, 0.15) is 0 Å². The van der Waals surface area contributed by atoms with Gasteiger partial charge in [-0.2, -0.15) is 0 Å². The van der Waals surface area contributed by atoms with Crippen LogP contribution in [-0.2, 0) is 0 Å². The fourth-order valence-corrected chi connectivity index (χ4v) is 0.447. The predicted octanol–water partition coefficient (Wildman–Crippen LogP) is 2.55. The van der Waals surface area contributed by atoms with Crippen LogP contribution in [0.3, 0.4) is 0 Å². The lowest BCUT2D eigenvalue weighted by atomic mass is 10.2. The van der Waals surface area contributed by atoms with Crippen LogP contribution in [0.4, 0.5) is 0 Å². The van der Waals surface area contributed by atoms with E-state index in [-0.39, 0.29) is 5.76 Å². The van der Waals surface area contributed by atoms with Gasteiger partial charge in [0.25, 0.3) is 0 Å². The fraction of sp³-hybridized carbons (Fsp3) is 0.400. The van der Waals surface area contributed by atoms with E-state index in [2.05, 4.69) is 6.58 Å². The summed E-state index contributed by atoms with van der Waals surface area (Å²) in [5, 5.41) is 8.73. The Morgan fingerprint density at radius 1 is 1.42 bits per heavy atom. The largest absolute Gasteiger partial charge is 0.513 e. The molecule has 0 aromatic rings. The highest BCUT2D eigenvalue weighted by molar-refractivity contribution is 5.23. The highest BCUT2D eigenvalue weighted by atomic mass is 16.3. The SMILES string of the molecule is C=C/C(=C\C=C(/C)O)CN.CC. The van der Waals surface area contributed by atoms with E-state index in [1.54, 1.807) is 25.2 Å². The van der Waals surface area contributed by atoms with Gasteiger partial charge in [-0.05, 0) is 18.6 Å². The maximum atomic E-state index is 8.73. The van der Waals surface area contributed by atoms with Gasteiger partial charge in [0.2, 0.25) is 0 Å². The zero-order chi connectivity index (χ0) is 9.98. The van der Waals surface area contributed by atoms with Crippen LogP contribution in [0.5, 0.6) is 0 Å². The molecular formula is C10H19NO. The number of nitrogens with two attached hydrogens (primary N) is 1. The number of aliphatic hydroxyl groups excluding tert-OH is 1. The highest BCUT2D eigenvalue weighted by Crippen LogP contribution is 1.94. The van der Waals surface area contributed by atoms with E-state index in [0.29, 0.717) is 6.54 Å². The molecule has 0 aliphatic carbocycles. The minimum Gasteiger partial charge on any atom is -0.513 e. The Morgan fingerprint density at radius 2 is 1.92 bits per heavy atom. The van der Waals surface area contributed by atoms with Crippen LogP contribution >= 0.6 is 0 Å². The molecule has 0 aromatic heterocycles. The second-order valence-corrected chi connectivity index (χ2v) is 1.96. The Kier molecular flexibility index (Phi) is 11.3. The van der Waals surface area contributed by atoms with Gasteiger partial charge in [0.05, 0.1) is 5.76 Å². The van der Waals surface area contributed by atoms with Gasteiger partial charge in [0.15, 0.2) is 0 Å². The van der Waals surface area contributed by atoms with Crippen molar-refractivity contribution in [3.8, 4) is 0 Å². The standard InChI is InChI=1S/C8H13NO.C2H6/c1-3-8(6-9)5-4-7(2)10;1-2/h3-5,10H,1,6,9H2,2H3;1-2H3/b7-4+,8-5+;. The summed E-state index contributed by atoms with van der Waals surface area (Å²) in [6.07, 6.45) is 4.99. The molecule has 0 saturated heterocycles. The quantitative estimate of drug-likeness (QED) is 0.504. The molecule has 0 fully saturated rings. The first-order valence-corrected chi connectivity index (χ1v) is 4.09. The number of hydrogen-bond acceptors (Lipinski definition) is 2. The summed E-state index contributed by atoms with van der Waals surface area (Å²) in [7, 11) is 0. The third kappa shape index (κ3) is 8.98. The summed E-state index contributed by atoms with van der Waals surface area (Å²) in [4.78, 5) is 0. The van der Waals surface area contributed by atoms with Crippen molar-refractivity contribution in [2.75, 3.05) is 6.54 Å². The summed E-state index contributed by atoms with van der Waals surface area (Å²) >= 11 is 0. The summed E-state index contributed by atoms with van der Waals surface area (Å²) < 4.78 is 0. The van der Waals surface area contributed by atoms with Crippen LogP contribution in [0, 0.1) is 0 Å². The molecule has 0 radical (unpaired) electrons. The van der Waals surface area contributed by atoms with Crippen LogP contribution < -0.4 is 5.73 Å². The molecule has 70 valence electrons. The predicted molar refractivity (Wildman–Crippen MR) is 55.1 cm³/mol. The van der Waals surface area contributed by atoms with Crippen molar-refractivity contribution < 1.29 is 5.11 Å².